The first kappa shape index (κ1) is 26.1. The molecule has 0 fully saturated rings. The maximum atomic E-state index is 12.1. The van der Waals surface area contributed by atoms with Crippen molar-refractivity contribution < 1.29 is 38.5 Å². The van der Waals surface area contributed by atoms with E-state index in [0.717, 1.165) is 0 Å². The van der Waals surface area contributed by atoms with Gasteiger partial charge in [-0.1, -0.05) is 33.8 Å². The number of carbonyl (C=O) groups excluding carboxylic acids is 3. The molecule has 0 saturated heterocycles. The highest BCUT2D eigenvalue weighted by Gasteiger charge is 2.22. The zero-order valence-corrected chi connectivity index (χ0v) is 18.8. The van der Waals surface area contributed by atoms with Gasteiger partial charge in [0.2, 0.25) is 0 Å². The van der Waals surface area contributed by atoms with Gasteiger partial charge in [0, 0.05) is 13.5 Å². The lowest BCUT2D eigenvalue weighted by Gasteiger charge is -2.19. The van der Waals surface area contributed by atoms with Crippen LogP contribution in [0.5, 0.6) is 11.5 Å². The number of carbonyl (C=O) groups is 4. The quantitative estimate of drug-likeness (QED) is 0.396. The van der Waals surface area contributed by atoms with E-state index in [9.17, 15) is 24.3 Å². The fraction of sp³-hybridized carbons (Fsp3) is 0.545. The second kappa shape index (κ2) is 12.0. The minimum atomic E-state index is -1.09. The van der Waals surface area contributed by atoms with Crippen LogP contribution in [0.15, 0.2) is 18.2 Å². The Bertz CT molecular complexity index is 803. The van der Waals surface area contributed by atoms with Crippen LogP contribution in [0.1, 0.15) is 47.1 Å². The Kier molecular flexibility index (Phi) is 10.1. The van der Waals surface area contributed by atoms with Gasteiger partial charge in [-0.2, -0.15) is 0 Å². The van der Waals surface area contributed by atoms with Crippen LogP contribution >= 0.6 is 0 Å². The first-order valence-electron chi connectivity index (χ1n) is 10.1. The van der Waals surface area contributed by atoms with Gasteiger partial charge in [0.1, 0.15) is 12.1 Å². The fourth-order valence-electron chi connectivity index (χ4n) is 2.41. The first-order valence-corrected chi connectivity index (χ1v) is 10.1. The highest BCUT2D eigenvalue weighted by molar-refractivity contribution is 5.78. The number of benzene rings is 1. The molecule has 0 saturated carbocycles. The Morgan fingerprint density at radius 3 is 1.97 bits per heavy atom. The maximum Gasteiger partial charge on any atom is 0.321 e. The summed E-state index contributed by atoms with van der Waals surface area (Å²) in [5.74, 6) is -3.21. The molecule has 0 spiro atoms. The van der Waals surface area contributed by atoms with Gasteiger partial charge in [-0.15, -0.1) is 0 Å². The van der Waals surface area contributed by atoms with Gasteiger partial charge in [0.05, 0.1) is 11.8 Å². The molecule has 1 aromatic rings. The number of aliphatic carboxylic acids is 1. The van der Waals surface area contributed by atoms with E-state index in [0.29, 0.717) is 5.56 Å². The lowest BCUT2D eigenvalue weighted by atomic mass is 10.0. The SMILES string of the molecule is CC(=O)OC(C)CN[C@@H](Cc1ccc(OC(=O)C(C)C)c(OC(=O)C(C)C)c1)C(=O)O. The van der Waals surface area contributed by atoms with Crippen LogP contribution in [0.25, 0.3) is 0 Å². The molecule has 31 heavy (non-hydrogen) atoms. The molecule has 2 N–H and O–H groups in total. The standard InChI is InChI=1S/C22H31NO8/c1-12(2)21(27)30-18-8-7-16(10-19(18)31-22(28)13(3)4)9-17(20(25)26)23-11-14(5)29-15(6)24/h7-8,10,12-14,17,23H,9,11H2,1-6H3,(H,25,26)/t14?,17-/m0/s1. The maximum absolute atomic E-state index is 12.1. The first-order chi connectivity index (χ1) is 14.4. The van der Waals surface area contributed by atoms with E-state index >= 15 is 0 Å². The number of ether oxygens (including phenoxy) is 3. The lowest BCUT2D eigenvalue weighted by Crippen LogP contribution is -2.42. The van der Waals surface area contributed by atoms with Crippen molar-refractivity contribution in [3.05, 3.63) is 23.8 Å². The number of rotatable bonds is 11. The van der Waals surface area contributed by atoms with E-state index in [-0.39, 0.29) is 30.4 Å². The Morgan fingerprint density at radius 1 is 0.935 bits per heavy atom. The van der Waals surface area contributed by atoms with Crippen molar-refractivity contribution in [3.8, 4) is 11.5 Å². The van der Waals surface area contributed by atoms with Gasteiger partial charge in [0.15, 0.2) is 11.5 Å². The predicted octanol–water partition coefficient (Wildman–Crippen LogP) is 2.35. The van der Waals surface area contributed by atoms with Gasteiger partial charge in [-0.3, -0.25) is 19.2 Å². The normalized spacial score (nSPS) is 12.9. The molecule has 1 unspecified atom stereocenters. The topological polar surface area (TPSA) is 128 Å². The predicted molar refractivity (Wildman–Crippen MR) is 112 cm³/mol. The number of nitrogens with one attached hydrogen (secondary N) is 1. The smallest absolute Gasteiger partial charge is 0.321 e. The minimum absolute atomic E-state index is 0.0441. The van der Waals surface area contributed by atoms with Gasteiger partial charge in [-0.25, -0.2) is 0 Å². The Labute approximate surface area is 182 Å². The van der Waals surface area contributed by atoms with Gasteiger partial charge in [0.25, 0.3) is 0 Å². The Balaban J connectivity index is 3.05. The number of hydrogen-bond donors (Lipinski definition) is 2. The van der Waals surface area contributed by atoms with Crippen LogP contribution in [0.2, 0.25) is 0 Å². The molecule has 2 atom stereocenters. The van der Waals surface area contributed by atoms with E-state index in [2.05, 4.69) is 5.32 Å². The van der Waals surface area contributed by atoms with Crippen molar-refractivity contribution in [1.29, 1.82) is 0 Å². The van der Waals surface area contributed by atoms with Gasteiger partial charge >= 0.3 is 23.9 Å². The zero-order chi connectivity index (χ0) is 23.7. The number of carboxylic acid groups (broad SMARTS) is 1. The van der Waals surface area contributed by atoms with E-state index < -0.39 is 41.9 Å². The monoisotopic (exact) mass is 437 g/mol. The Hall–Kier alpha value is -2.94. The summed E-state index contributed by atoms with van der Waals surface area (Å²) in [6, 6.07) is 3.58. The van der Waals surface area contributed by atoms with Gasteiger partial charge < -0.3 is 24.6 Å². The largest absolute Gasteiger partial charge is 0.480 e. The average molecular weight is 437 g/mol. The molecular formula is C22H31NO8. The third-order valence-electron chi connectivity index (χ3n) is 4.13. The summed E-state index contributed by atoms with van der Waals surface area (Å²) in [5, 5.41) is 12.4. The zero-order valence-electron chi connectivity index (χ0n) is 18.8. The van der Waals surface area contributed by atoms with Crippen molar-refractivity contribution in [1.82, 2.24) is 5.32 Å². The van der Waals surface area contributed by atoms with E-state index in [4.69, 9.17) is 14.2 Å². The van der Waals surface area contributed by atoms with Crippen LogP contribution < -0.4 is 14.8 Å². The van der Waals surface area contributed by atoms with Crippen molar-refractivity contribution in [2.45, 2.75) is 60.1 Å². The minimum Gasteiger partial charge on any atom is -0.480 e. The molecule has 0 aliphatic rings. The molecular weight excluding hydrogens is 406 g/mol. The van der Waals surface area contributed by atoms with Crippen LogP contribution in [0.4, 0.5) is 0 Å². The van der Waals surface area contributed by atoms with Crippen LogP contribution in [-0.2, 0) is 30.3 Å². The molecule has 0 aromatic heterocycles. The summed E-state index contributed by atoms with van der Waals surface area (Å²) < 4.78 is 15.7. The molecule has 0 radical (unpaired) electrons. The summed E-state index contributed by atoms with van der Waals surface area (Å²) in [6.07, 6.45) is -0.438. The highest BCUT2D eigenvalue weighted by atomic mass is 16.6. The Morgan fingerprint density at radius 2 is 1.48 bits per heavy atom. The average Bonchev–Trinajstić information content (AvgIpc) is 2.65. The second-order valence-electron chi connectivity index (χ2n) is 7.86. The molecule has 0 aliphatic carbocycles. The molecule has 0 bridgehead atoms. The molecule has 9 nitrogen and oxygen atoms in total. The van der Waals surface area contributed by atoms with Crippen molar-refractivity contribution in [3.63, 3.8) is 0 Å². The third-order valence-corrected chi connectivity index (χ3v) is 4.13. The highest BCUT2D eigenvalue weighted by Crippen LogP contribution is 2.30. The third kappa shape index (κ3) is 9.17. The molecule has 0 aliphatic heterocycles. The number of carboxylic acids is 1. The van der Waals surface area contributed by atoms with E-state index in [1.54, 1.807) is 40.7 Å². The van der Waals surface area contributed by atoms with Crippen molar-refractivity contribution in [2.75, 3.05) is 6.54 Å². The fourth-order valence-corrected chi connectivity index (χ4v) is 2.41. The molecule has 172 valence electrons. The molecule has 9 heteroatoms. The molecule has 1 aromatic carbocycles. The number of esters is 3. The molecule has 1 rings (SSSR count). The second-order valence-corrected chi connectivity index (χ2v) is 7.86. The summed E-state index contributed by atoms with van der Waals surface area (Å²) in [4.78, 5) is 46.7. The van der Waals surface area contributed by atoms with E-state index in [1.165, 1.54) is 19.1 Å². The number of hydrogen-bond acceptors (Lipinski definition) is 8. The summed E-state index contributed by atoms with van der Waals surface area (Å²) in [7, 11) is 0. The summed E-state index contributed by atoms with van der Waals surface area (Å²) in [5.41, 5.74) is 0.552. The van der Waals surface area contributed by atoms with Crippen molar-refractivity contribution in [2.24, 2.45) is 11.8 Å². The summed E-state index contributed by atoms with van der Waals surface area (Å²) >= 11 is 0. The van der Waals surface area contributed by atoms with Gasteiger partial charge in [-0.05, 0) is 31.0 Å². The summed E-state index contributed by atoms with van der Waals surface area (Å²) in [6.45, 7) is 9.76. The molecule has 0 amide bonds. The van der Waals surface area contributed by atoms with Crippen LogP contribution in [0, 0.1) is 11.8 Å². The van der Waals surface area contributed by atoms with Crippen molar-refractivity contribution >= 4 is 23.9 Å². The van der Waals surface area contributed by atoms with Crippen LogP contribution in [0.3, 0.4) is 0 Å². The van der Waals surface area contributed by atoms with E-state index in [1.807, 2.05) is 0 Å². The lowest BCUT2D eigenvalue weighted by molar-refractivity contribution is -0.145. The van der Waals surface area contributed by atoms with Crippen LogP contribution in [-0.4, -0.2) is 47.7 Å². The molecule has 0 heterocycles.